The third-order valence-corrected chi connectivity index (χ3v) is 4.67. The molecular weight excluding hydrogens is 292 g/mol. The van der Waals surface area contributed by atoms with E-state index in [1.165, 1.54) is 5.56 Å². The lowest BCUT2D eigenvalue weighted by Gasteiger charge is -2.17. The number of para-hydroxylation sites is 1. The predicted molar refractivity (Wildman–Crippen MR) is 92.5 cm³/mol. The molecule has 0 saturated heterocycles. The fourth-order valence-electron chi connectivity index (χ4n) is 2.37. The van der Waals surface area contributed by atoms with E-state index in [0.717, 1.165) is 20.9 Å². The first-order valence-corrected chi connectivity index (χ1v) is 8.20. The lowest BCUT2D eigenvalue weighted by atomic mass is 10.1. The number of aromatic nitrogens is 1. The Kier molecular flexibility index (Phi) is 4.20. The molecule has 0 aliphatic heterocycles. The zero-order chi connectivity index (χ0) is 15.5. The van der Waals surface area contributed by atoms with Gasteiger partial charge in [-0.25, -0.2) is 4.98 Å². The smallest absolute Gasteiger partial charge is 0.233 e. The molecule has 112 valence electrons. The van der Waals surface area contributed by atoms with Gasteiger partial charge >= 0.3 is 0 Å². The molecule has 3 nitrogen and oxygen atoms in total. The number of rotatable bonds is 4. The van der Waals surface area contributed by atoms with Crippen molar-refractivity contribution in [1.82, 2.24) is 4.98 Å². The van der Waals surface area contributed by atoms with Crippen LogP contribution in [-0.4, -0.2) is 17.4 Å². The number of fused-ring (bicyclic) bond motifs is 1. The first-order valence-electron chi connectivity index (χ1n) is 7.39. The van der Waals surface area contributed by atoms with Crippen LogP contribution in [0.5, 0.6) is 0 Å². The third kappa shape index (κ3) is 3.02. The Morgan fingerprint density at radius 3 is 2.55 bits per heavy atom. The Morgan fingerprint density at radius 1 is 1.14 bits per heavy atom. The van der Waals surface area contributed by atoms with E-state index in [9.17, 15) is 4.79 Å². The molecule has 0 radical (unpaired) electrons. The van der Waals surface area contributed by atoms with E-state index in [4.69, 9.17) is 0 Å². The third-order valence-electron chi connectivity index (χ3n) is 3.61. The van der Waals surface area contributed by atoms with Crippen molar-refractivity contribution in [3.63, 3.8) is 0 Å². The molecule has 0 aliphatic carbocycles. The van der Waals surface area contributed by atoms with Crippen LogP contribution < -0.4 is 4.90 Å². The normalized spacial score (nSPS) is 10.8. The van der Waals surface area contributed by atoms with Crippen molar-refractivity contribution in [1.29, 1.82) is 0 Å². The van der Waals surface area contributed by atoms with E-state index in [-0.39, 0.29) is 5.91 Å². The first-order chi connectivity index (χ1) is 10.7. The molecule has 0 fully saturated rings. The maximum atomic E-state index is 12.6. The quantitative estimate of drug-likeness (QED) is 0.723. The highest BCUT2D eigenvalue weighted by atomic mass is 32.1. The summed E-state index contributed by atoms with van der Waals surface area (Å²) in [6.07, 6.45) is 0.407. The van der Waals surface area contributed by atoms with Crippen molar-refractivity contribution >= 4 is 32.6 Å². The number of anilines is 1. The van der Waals surface area contributed by atoms with Gasteiger partial charge in [-0.3, -0.25) is 9.69 Å². The Hall–Kier alpha value is -2.20. The lowest BCUT2D eigenvalue weighted by Crippen LogP contribution is -2.31. The van der Waals surface area contributed by atoms with Gasteiger partial charge in [0.15, 0.2) is 5.13 Å². The molecule has 0 N–H and O–H groups in total. The largest absolute Gasteiger partial charge is 0.288 e. The van der Waals surface area contributed by atoms with Crippen molar-refractivity contribution in [2.45, 2.75) is 20.3 Å². The molecule has 4 heteroatoms. The molecule has 3 aromatic rings. The first kappa shape index (κ1) is 14.7. The highest BCUT2D eigenvalue weighted by Gasteiger charge is 2.18. The molecule has 0 unspecified atom stereocenters. The van der Waals surface area contributed by atoms with Gasteiger partial charge in [0, 0.05) is 6.54 Å². The number of aryl methyl sites for hydroxylation is 1. The minimum Gasteiger partial charge on any atom is -0.288 e. The van der Waals surface area contributed by atoms with Gasteiger partial charge in [0.2, 0.25) is 5.91 Å². The van der Waals surface area contributed by atoms with Gasteiger partial charge in [0.1, 0.15) is 0 Å². The average Bonchev–Trinajstić information content (AvgIpc) is 2.94. The summed E-state index contributed by atoms with van der Waals surface area (Å²) in [7, 11) is 0. The van der Waals surface area contributed by atoms with Crippen LogP contribution in [0.3, 0.4) is 0 Å². The second kappa shape index (κ2) is 6.28. The van der Waals surface area contributed by atoms with Crippen LogP contribution in [0.2, 0.25) is 0 Å². The van der Waals surface area contributed by atoms with Crippen LogP contribution in [0.15, 0.2) is 48.5 Å². The molecular formula is C18H18N2OS. The van der Waals surface area contributed by atoms with E-state index >= 15 is 0 Å². The number of likely N-dealkylation sites (N-methyl/N-ethyl adjacent to an activating group) is 1. The highest BCUT2D eigenvalue weighted by molar-refractivity contribution is 7.22. The summed E-state index contributed by atoms with van der Waals surface area (Å²) >= 11 is 1.57. The number of thiazole rings is 1. The Balaban J connectivity index is 1.83. The van der Waals surface area contributed by atoms with Crippen LogP contribution in [0.25, 0.3) is 10.2 Å². The van der Waals surface area contributed by atoms with Gasteiger partial charge in [-0.2, -0.15) is 0 Å². The number of nitrogens with zero attached hydrogens (tertiary/aromatic N) is 2. The fraction of sp³-hybridized carbons (Fsp3) is 0.222. The van der Waals surface area contributed by atoms with E-state index in [1.807, 2.05) is 62.4 Å². The number of amides is 1. The molecule has 0 saturated carbocycles. The zero-order valence-electron chi connectivity index (χ0n) is 12.7. The number of hydrogen-bond donors (Lipinski definition) is 0. The molecule has 0 bridgehead atoms. The second-order valence-electron chi connectivity index (χ2n) is 5.26. The monoisotopic (exact) mass is 310 g/mol. The van der Waals surface area contributed by atoms with Crippen molar-refractivity contribution in [2.75, 3.05) is 11.4 Å². The molecule has 1 heterocycles. The number of benzene rings is 2. The van der Waals surface area contributed by atoms with Crippen LogP contribution in [0.4, 0.5) is 5.13 Å². The summed E-state index contributed by atoms with van der Waals surface area (Å²) in [6.45, 7) is 4.66. The van der Waals surface area contributed by atoms with E-state index in [2.05, 4.69) is 4.98 Å². The topological polar surface area (TPSA) is 33.2 Å². The summed E-state index contributed by atoms with van der Waals surface area (Å²) in [5, 5.41) is 0.779. The highest BCUT2D eigenvalue weighted by Crippen LogP contribution is 2.28. The van der Waals surface area contributed by atoms with Gasteiger partial charge in [0.25, 0.3) is 0 Å². The van der Waals surface area contributed by atoms with Gasteiger partial charge in [-0.05, 0) is 31.5 Å². The summed E-state index contributed by atoms with van der Waals surface area (Å²) in [6, 6.07) is 16.1. The van der Waals surface area contributed by atoms with E-state index in [0.29, 0.717) is 13.0 Å². The molecule has 0 spiro atoms. The Bertz CT molecular complexity index is 759. The van der Waals surface area contributed by atoms with Gasteiger partial charge in [0.05, 0.1) is 16.6 Å². The molecule has 2 aromatic carbocycles. The maximum absolute atomic E-state index is 12.6. The zero-order valence-corrected chi connectivity index (χ0v) is 13.6. The molecule has 3 rings (SSSR count). The van der Waals surface area contributed by atoms with E-state index < -0.39 is 0 Å². The van der Waals surface area contributed by atoms with E-state index in [1.54, 1.807) is 16.2 Å². The average molecular weight is 310 g/mol. The summed E-state index contributed by atoms with van der Waals surface area (Å²) in [5.41, 5.74) is 3.19. The van der Waals surface area contributed by atoms with Gasteiger partial charge in [-0.15, -0.1) is 0 Å². The van der Waals surface area contributed by atoms with Crippen LogP contribution in [0.1, 0.15) is 18.1 Å². The summed E-state index contributed by atoms with van der Waals surface area (Å²) in [5.74, 6) is 0.0883. The standard InChI is InChI=1S/C18H18N2OS/c1-3-20(17(21)12-14-10-8-13(2)9-11-14)18-19-15-6-4-5-7-16(15)22-18/h4-11H,3,12H2,1-2H3. The van der Waals surface area contributed by atoms with Crippen LogP contribution in [-0.2, 0) is 11.2 Å². The minimum atomic E-state index is 0.0883. The fourth-order valence-corrected chi connectivity index (χ4v) is 3.42. The molecule has 0 atom stereocenters. The Morgan fingerprint density at radius 2 is 1.86 bits per heavy atom. The number of hydrogen-bond acceptors (Lipinski definition) is 3. The second-order valence-corrected chi connectivity index (χ2v) is 6.27. The summed E-state index contributed by atoms with van der Waals surface area (Å²) in [4.78, 5) is 19.0. The maximum Gasteiger partial charge on any atom is 0.233 e. The minimum absolute atomic E-state index is 0.0883. The van der Waals surface area contributed by atoms with Gasteiger partial charge in [-0.1, -0.05) is 53.3 Å². The predicted octanol–water partition coefficient (Wildman–Crippen LogP) is 4.20. The molecule has 22 heavy (non-hydrogen) atoms. The van der Waals surface area contributed by atoms with Crippen molar-refractivity contribution in [2.24, 2.45) is 0 Å². The number of carbonyl (C=O) groups is 1. The molecule has 1 aromatic heterocycles. The van der Waals surface area contributed by atoms with Crippen LogP contribution >= 0.6 is 11.3 Å². The van der Waals surface area contributed by atoms with Crippen LogP contribution in [0, 0.1) is 6.92 Å². The van der Waals surface area contributed by atoms with Crippen molar-refractivity contribution in [3.8, 4) is 0 Å². The molecule has 1 amide bonds. The van der Waals surface area contributed by atoms with Crippen molar-refractivity contribution < 1.29 is 4.79 Å². The molecule has 0 aliphatic rings. The van der Waals surface area contributed by atoms with Gasteiger partial charge < -0.3 is 0 Å². The summed E-state index contributed by atoms with van der Waals surface area (Å²) < 4.78 is 1.11. The number of carbonyl (C=O) groups excluding carboxylic acids is 1. The lowest BCUT2D eigenvalue weighted by molar-refractivity contribution is -0.117. The van der Waals surface area contributed by atoms with Crippen molar-refractivity contribution in [3.05, 3.63) is 59.7 Å². The SMILES string of the molecule is CCN(C(=O)Cc1ccc(C)cc1)c1nc2ccccc2s1. The Labute approximate surface area is 134 Å².